The van der Waals surface area contributed by atoms with Gasteiger partial charge in [0.1, 0.15) is 0 Å². The Balaban J connectivity index is 2.68. The second-order valence-corrected chi connectivity index (χ2v) is 4.75. The van der Waals surface area contributed by atoms with Gasteiger partial charge >= 0.3 is 5.97 Å². The number of benzene rings is 2. The number of aliphatic carboxylic acids is 1. The minimum atomic E-state index is -1.19. The summed E-state index contributed by atoms with van der Waals surface area (Å²) in [6, 6.07) is 10.9. The third kappa shape index (κ3) is 3.52. The van der Waals surface area contributed by atoms with Crippen LogP contribution in [0.2, 0.25) is 0 Å². The molecule has 1 N–H and O–H groups in total. The summed E-state index contributed by atoms with van der Waals surface area (Å²) < 4.78 is 10.2. The molecule has 0 radical (unpaired) electrons. The highest BCUT2D eigenvalue weighted by Crippen LogP contribution is 2.36. The summed E-state index contributed by atoms with van der Waals surface area (Å²) in [6.07, 6.45) is 1.25. The van der Waals surface area contributed by atoms with Gasteiger partial charge < -0.3 is 14.6 Å². The van der Waals surface area contributed by atoms with Crippen molar-refractivity contribution in [3.8, 4) is 11.5 Å². The molecule has 0 spiro atoms. The maximum absolute atomic E-state index is 11.6. The van der Waals surface area contributed by atoms with Gasteiger partial charge in [-0.1, -0.05) is 30.3 Å². The highest BCUT2D eigenvalue weighted by molar-refractivity contribution is 6.21. The Morgan fingerprint density at radius 1 is 1.12 bits per heavy atom. The van der Waals surface area contributed by atoms with Crippen LogP contribution in [0.25, 0.3) is 11.6 Å². The first kappa shape index (κ1) is 17.0. The van der Waals surface area contributed by atoms with Gasteiger partial charge in [-0.15, -0.1) is 0 Å². The monoisotopic (exact) mass is 329 g/mol. The normalized spacial score (nSPS) is 11.0. The van der Waals surface area contributed by atoms with Crippen LogP contribution in [0.3, 0.4) is 0 Å². The van der Waals surface area contributed by atoms with Crippen molar-refractivity contribution in [2.45, 2.75) is 0 Å². The van der Waals surface area contributed by atoms with Gasteiger partial charge in [0, 0.05) is 0 Å². The van der Waals surface area contributed by atoms with Crippen LogP contribution in [0, 0.1) is 10.1 Å². The van der Waals surface area contributed by atoms with Gasteiger partial charge in [-0.2, -0.15) is 0 Å². The number of hydrogen-bond donors (Lipinski definition) is 1. The van der Waals surface area contributed by atoms with Crippen molar-refractivity contribution in [3.63, 3.8) is 0 Å². The number of nitrogens with zero attached hydrogens (tertiary/aromatic N) is 1. The van der Waals surface area contributed by atoms with Gasteiger partial charge in [-0.05, 0) is 17.7 Å². The van der Waals surface area contributed by atoms with E-state index in [0.717, 1.165) is 0 Å². The van der Waals surface area contributed by atoms with E-state index in [2.05, 4.69) is 0 Å². The molecule has 2 aromatic rings. The smallest absolute Gasteiger partial charge is 0.336 e. The summed E-state index contributed by atoms with van der Waals surface area (Å²) in [6.45, 7) is 0. The van der Waals surface area contributed by atoms with Crippen molar-refractivity contribution in [1.82, 2.24) is 0 Å². The van der Waals surface area contributed by atoms with Crippen LogP contribution in [-0.2, 0) is 4.79 Å². The number of carboxylic acid groups (broad SMARTS) is 1. The molecule has 7 heteroatoms. The Kier molecular flexibility index (Phi) is 5.16. The minimum Gasteiger partial charge on any atom is -0.493 e. The first-order valence-corrected chi connectivity index (χ1v) is 6.88. The molecule has 0 unspecified atom stereocenters. The Labute approximate surface area is 137 Å². The van der Waals surface area contributed by atoms with E-state index in [0.29, 0.717) is 5.56 Å². The van der Waals surface area contributed by atoms with Crippen molar-refractivity contribution >= 4 is 23.3 Å². The van der Waals surface area contributed by atoms with E-state index in [4.69, 9.17) is 9.47 Å². The molecule has 0 atom stereocenters. The third-order valence-electron chi connectivity index (χ3n) is 3.34. The Morgan fingerprint density at radius 2 is 1.71 bits per heavy atom. The van der Waals surface area contributed by atoms with Crippen LogP contribution >= 0.6 is 0 Å². The van der Waals surface area contributed by atoms with Crippen molar-refractivity contribution in [1.29, 1.82) is 0 Å². The first-order chi connectivity index (χ1) is 11.5. The number of hydrogen-bond acceptors (Lipinski definition) is 5. The lowest BCUT2D eigenvalue weighted by atomic mass is 10.0. The predicted molar refractivity (Wildman–Crippen MR) is 88.1 cm³/mol. The molecule has 0 fully saturated rings. The Bertz CT molecular complexity index is 798. The fraction of sp³-hybridized carbons (Fsp3) is 0.118. The lowest BCUT2D eigenvalue weighted by Gasteiger charge is -2.09. The zero-order chi connectivity index (χ0) is 17.7. The number of methoxy groups -OCH3 is 2. The van der Waals surface area contributed by atoms with Crippen LogP contribution in [0.15, 0.2) is 42.5 Å². The molecule has 0 aliphatic carbocycles. The minimum absolute atomic E-state index is 0.0640. The fourth-order valence-electron chi connectivity index (χ4n) is 2.20. The molecule has 0 aromatic heterocycles. The molecule has 0 heterocycles. The highest BCUT2D eigenvalue weighted by Gasteiger charge is 2.20. The maximum Gasteiger partial charge on any atom is 0.336 e. The summed E-state index contributed by atoms with van der Waals surface area (Å²) in [5, 5.41) is 20.8. The second-order valence-electron chi connectivity index (χ2n) is 4.75. The average molecular weight is 329 g/mol. The van der Waals surface area contributed by atoms with Crippen LogP contribution in [-0.4, -0.2) is 30.2 Å². The van der Waals surface area contributed by atoms with Gasteiger partial charge in [0.2, 0.25) is 0 Å². The summed E-state index contributed by atoms with van der Waals surface area (Å²) in [5.41, 5.74) is 0.209. The highest BCUT2D eigenvalue weighted by atomic mass is 16.6. The topological polar surface area (TPSA) is 98.9 Å². The van der Waals surface area contributed by atoms with Crippen LogP contribution < -0.4 is 9.47 Å². The van der Waals surface area contributed by atoms with E-state index >= 15 is 0 Å². The summed E-state index contributed by atoms with van der Waals surface area (Å²) in [4.78, 5) is 22.3. The summed E-state index contributed by atoms with van der Waals surface area (Å²) in [7, 11) is 2.76. The molecule has 124 valence electrons. The first-order valence-electron chi connectivity index (χ1n) is 6.88. The molecule has 2 aromatic carbocycles. The molecular weight excluding hydrogens is 314 g/mol. The number of ether oxygens (including phenoxy) is 2. The zero-order valence-electron chi connectivity index (χ0n) is 13.1. The molecule has 0 saturated heterocycles. The van der Waals surface area contributed by atoms with Crippen molar-refractivity contribution in [2.24, 2.45) is 0 Å². The molecule has 0 aliphatic rings. The Hall–Kier alpha value is -3.35. The number of carbonyl (C=O) groups is 1. The van der Waals surface area contributed by atoms with Crippen LogP contribution in [0.1, 0.15) is 11.1 Å². The molecule has 24 heavy (non-hydrogen) atoms. The molecule has 2 rings (SSSR count). The Morgan fingerprint density at radius 3 is 2.21 bits per heavy atom. The lowest BCUT2D eigenvalue weighted by Crippen LogP contribution is -2.01. The molecule has 0 amide bonds. The predicted octanol–water partition coefficient (Wildman–Crippen LogP) is 3.24. The molecule has 7 nitrogen and oxygen atoms in total. The maximum atomic E-state index is 11.6. The molecule has 0 saturated carbocycles. The third-order valence-corrected chi connectivity index (χ3v) is 3.34. The summed E-state index contributed by atoms with van der Waals surface area (Å²) >= 11 is 0. The quantitative estimate of drug-likeness (QED) is 0.378. The van der Waals surface area contributed by atoms with Crippen LogP contribution in [0.4, 0.5) is 5.69 Å². The van der Waals surface area contributed by atoms with E-state index in [1.807, 2.05) is 0 Å². The number of nitro groups is 1. The van der Waals surface area contributed by atoms with Gasteiger partial charge in [-0.3, -0.25) is 10.1 Å². The van der Waals surface area contributed by atoms with E-state index in [-0.39, 0.29) is 28.3 Å². The lowest BCUT2D eigenvalue weighted by molar-refractivity contribution is -0.385. The van der Waals surface area contributed by atoms with E-state index < -0.39 is 10.9 Å². The van der Waals surface area contributed by atoms with Crippen molar-refractivity contribution in [3.05, 3.63) is 63.7 Å². The SMILES string of the molecule is COc1cc(/C=C(/C(=O)O)c2ccccc2)c([N+](=O)[O-])cc1OC. The number of rotatable bonds is 6. The fourth-order valence-corrected chi connectivity index (χ4v) is 2.20. The zero-order valence-corrected chi connectivity index (χ0v) is 13.1. The van der Waals surface area contributed by atoms with Gasteiger partial charge in [0.25, 0.3) is 5.69 Å². The molecule has 0 bridgehead atoms. The van der Waals surface area contributed by atoms with E-state index in [1.54, 1.807) is 30.3 Å². The van der Waals surface area contributed by atoms with Gasteiger partial charge in [-0.25, -0.2) is 4.79 Å². The molecule has 0 aliphatic heterocycles. The van der Waals surface area contributed by atoms with E-state index in [9.17, 15) is 20.0 Å². The molecular formula is C17H15NO6. The number of carboxylic acids is 1. The summed E-state index contributed by atoms with van der Waals surface area (Å²) in [5.74, 6) is -0.727. The average Bonchev–Trinajstić information content (AvgIpc) is 2.59. The second kappa shape index (κ2) is 7.28. The van der Waals surface area contributed by atoms with Gasteiger partial charge in [0.15, 0.2) is 11.5 Å². The van der Waals surface area contributed by atoms with Crippen LogP contribution in [0.5, 0.6) is 11.5 Å². The largest absolute Gasteiger partial charge is 0.493 e. The van der Waals surface area contributed by atoms with Crippen molar-refractivity contribution in [2.75, 3.05) is 14.2 Å². The van der Waals surface area contributed by atoms with Crippen molar-refractivity contribution < 1.29 is 24.3 Å². The number of nitro benzene ring substituents is 1. The van der Waals surface area contributed by atoms with E-state index in [1.165, 1.54) is 32.4 Å². The standard InChI is InChI=1S/C17H15NO6/c1-23-15-9-12(14(18(21)22)10-16(15)24-2)8-13(17(19)20)11-6-4-3-5-7-11/h3-10H,1-2H3,(H,19,20)/b13-8+. The van der Waals surface area contributed by atoms with Gasteiger partial charge in [0.05, 0.1) is 36.3 Å².